The average molecular weight is 213 g/mol. The summed E-state index contributed by atoms with van der Waals surface area (Å²) in [5.74, 6) is 0.859. The van der Waals surface area contributed by atoms with E-state index >= 15 is 0 Å². The van der Waals surface area contributed by atoms with Crippen molar-refractivity contribution in [1.29, 1.82) is 0 Å². The largest absolute Gasteiger partial charge is 0.377 e. The summed E-state index contributed by atoms with van der Waals surface area (Å²) >= 11 is 0. The molecule has 15 heavy (non-hydrogen) atoms. The summed E-state index contributed by atoms with van der Waals surface area (Å²) in [6.07, 6.45) is 5.01. The van der Waals surface area contributed by atoms with E-state index in [0.717, 1.165) is 12.5 Å². The third kappa shape index (κ3) is 3.18. The first-order valence-corrected chi connectivity index (χ1v) is 6.13. The number of nitrogens with one attached hydrogen (secondary N) is 1. The summed E-state index contributed by atoms with van der Waals surface area (Å²) in [4.78, 5) is 0. The number of methoxy groups -OCH3 is 1. The highest BCUT2D eigenvalue weighted by atomic mass is 16.5. The fraction of sp³-hybridized carbons (Fsp3) is 1.00. The molecule has 0 atom stereocenters. The molecule has 0 amide bonds. The Labute approximate surface area is 94.8 Å². The minimum absolute atomic E-state index is 0.108. The fourth-order valence-corrected chi connectivity index (χ4v) is 2.79. The maximum atomic E-state index is 5.72. The Balaban J connectivity index is 2.53. The average Bonchev–Trinajstić information content (AvgIpc) is 2.17. The third-order valence-electron chi connectivity index (χ3n) is 4.05. The Hall–Kier alpha value is -0.0800. The van der Waals surface area contributed by atoms with Crippen LogP contribution in [0.4, 0.5) is 0 Å². The number of rotatable bonds is 3. The maximum Gasteiger partial charge on any atom is 0.0802 e. The Morgan fingerprint density at radius 3 is 2.13 bits per heavy atom. The normalized spacial score (nSPS) is 33.0. The second-order valence-electron chi connectivity index (χ2n) is 6.06. The monoisotopic (exact) mass is 213 g/mol. The summed E-state index contributed by atoms with van der Waals surface area (Å²) in [6, 6.07) is 0. The molecular weight excluding hydrogens is 186 g/mol. The maximum absolute atomic E-state index is 5.72. The molecular formula is C13H27NO. The number of likely N-dealkylation sites (N-methyl/N-ethyl adjacent to an activating group) is 1. The molecule has 1 saturated carbocycles. The minimum atomic E-state index is 0.108. The van der Waals surface area contributed by atoms with Gasteiger partial charge in [-0.05, 0) is 44.1 Å². The highest BCUT2D eigenvalue weighted by molar-refractivity contribution is 4.91. The van der Waals surface area contributed by atoms with E-state index < -0.39 is 0 Å². The number of hydrogen-bond acceptors (Lipinski definition) is 2. The van der Waals surface area contributed by atoms with E-state index in [-0.39, 0.29) is 5.60 Å². The molecule has 1 rings (SSSR count). The Morgan fingerprint density at radius 1 is 1.27 bits per heavy atom. The van der Waals surface area contributed by atoms with Crippen molar-refractivity contribution in [1.82, 2.24) is 5.32 Å². The molecule has 0 bridgehead atoms. The van der Waals surface area contributed by atoms with Crippen molar-refractivity contribution in [2.24, 2.45) is 11.3 Å². The molecule has 0 radical (unpaired) electrons. The second-order valence-corrected chi connectivity index (χ2v) is 6.06. The zero-order valence-corrected chi connectivity index (χ0v) is 11.0. The van der Waals surface area contributed by atoms with E-state index in [1.807, 2.05) is 14.2 Å². The second kappa shape index (κ2) is 4.84. The van der Waals surface area contributed by atoms with Crippen molar-refractivity contribution in [2.45, 2.75) is 52.1 Å². The van der Waals surface area contributed by atoms with E-state index in [1.165, 1.54) is 25.7 Å². The topological polar surface area (TPSA) is 21.3 Å². The van der Waals surface area contributed by atoms with Crippen molar-refractivity contribution in [3.63, 3.8) is 0 Å². The summed E-state index contributed by atoms with van der Waals surface area (Å²) in [6.45, 7) is 8.06. The molecule has 0 spiro atoms. The van der Waals surface area contributed by atoms with E-state index in [9.17, 15) is 0 Å². The lowest BCUT2D eigenvalue weighted by Gasteiger charge is -2.43. The molecule has 2 nitrogen and oxygen atoms in total. The van der Waals surface area contributed by atoms with Crippen molar-refractivity contribution >= 4 is 0 Å². The van der Waals surface area contributed by atoms with Crippen molar-refractivity contribution in [2.75, 3.05) is 20.7 Å². The zero-order chi connectivity index (χ0) is 11.5. The summed E-state index contributed by atoms with van der Waals surface area (Å²) in [5.41, 5.74) is 0.566. The molecule has 0 unspecified atom stereocenters. The van der Waals surface area contributed by atoms with Gasteiger partial charge in [0.25, 0.3) is 0 Å². The van der Waals surface area contributed by atoms with Gasteiger partial charge in [0.05, 0.1) is 5.60 Å². The molecule has 1 aliphatic carbocycles. The molecule has 2 heteroatoms. The molecule has 0 aliphatic heterocycles. The van der Waals surface area contributed by atoms with Gasteiger partial charge in [0.15, 0.2) is 0 Å². The molecule has 1 fully saturated rings. The summed E-state index contributed by atoms with van der Waals surface area (Å²) in [5, 5.41) is 3.26. The first kappa shape index (κ1) is 13.0. The van der Waals surface area contributed by atoms with Crippen LogP contribution in [-0.4, -0.2) is 26.3 Å². The lowest BCUT2D eigenvalue weighted by atomic mass is 9.68. The van der Waals surface area contributed by atoms with Gasteiger partial charge >= 0.3 is 0 Å². The lowest BCUT2D eigenvalue weighted by Crippen LogP contribution is -2.45. The first-order valence-electron chi connectivity index (χ1n) is 6.13. The van der Waals surface area contributed by atoms with E-state index in [2.05, 4.69) is 26.1 Å². The van der Waals surface area contributed by atoms with Gasteiger partial charge in [-0.1, -0.05) is 20.8 Å². The van der Waals surface area contributed by atoms with Crippen LogP contribution in [0.2, 0.25) is 0 Å². The van der Waals surface area contributed by atoms with Gasteiger partial charge in [-0.25, -0.2) is 0 Å². The predicted molar refractivity (Wildman–Crippen MR) is 65.1 cm³/mol. The van der Waals surface area contributed by atoms with Crippen LogP contribution in [0.15, 0.2) is 0 Å². The zero-order valence-electron chi connectivity index (χ0n) is 11.0. The van der Waals surface area contributed by atoms with Gasteiger partial charge in [0.2, 0.25) is 0 Å². The van der Waals surface area contributed by atoms with Gasteiger partial charge in [0.1, 0.15) is 0 Å². The van der Waals surface area contributed by atoms with E-state index in [4.69, 9.17) is 4.74 Å². The van der Waals surface area contributed by atoms with Crippen molar-refractivity contribution in [3.05, 3.63) is 0 Å². The van der Waals surface area contributed by atoms with Crippen LogP contribution in [0.5, 0.6) is 0 Å². The molecule has 0 aromatic rings. The molecule has 0 heterocycles. The molecule has 0 saturated heterocycles. The van der Waals surface area contributed by atoms with Crippen LogP contribution >= 0.6 is 0 Å². The molecule has 90 valence electrons. The smallest absolute Gasteiger partial charge is 0.0802 e. The summed E-state index contributed by atoms with van der Waals surface area (Å²) < 4.78 is 5.72. The van der Waals surface area contributed by atoms with Crippen LogP contribution in [0.1, 0.15) is 46.5 Å². The number of ether oxygens (including phenoxy) is 1. The lowest BCUT2D eigenvalue weighted by molar-refractivity contribution is -0.0570. The highest BCUT2D eigenvalue weighted by Crippen LogP contribution is 2.42. The fourth-order valence-electron chi connectivity index (χ4n) is 2.79. The van der Waals surface area contributed by atoms with Gasteiger partial charge in [-0.15, -0.1) is 0 Å². The standard InChI is InChI=1S/C13H27NO/c1-12(2,3)11-6-8-13(15-5,9-7-11)10-14-4/h11,14H,6-10H2,1-5H3. The Kier molecular flexibility index (Phi) is 4.19. The van der Waals surface area contributed by atoms with Crippen molar-refractivity contribution < 1.29 is 4.74 Å². The van der Waals surface area contributed by atoms with E-state index in [0.29, 0.717) is 5.41 Å². The van der Waals surface area contributed by atoms with E-state index in [1.54, 1.807) is 0 Å². The predicted octanol–water partition coefficient (Wildman–Crippen LogP) is 2.83. The van der Waals surface area contributed by atoms with Crippen LogP contribution < -0.4 is 5.32 Å². The van der Waals surface area contributed by atoms with Gasteiger partial charge in [-0.3, -0.25) is 0 Å². The minimum Gasteiger partial charge on any atom is -0.377 e. The molecule has 0 aromatic carbocycles. The summed E-state index contributed by atoms with van der Waals surface area (Å²) in [7, 11) is 3.87. The van der Waals surface area contributed by atoms with Gasteiger partial charge in [-0.2, -0.15) is 0 Å². The SMILES string of the molecule is CNCC1(OC)CCC(C(C)(C)C)CC1. The van der Waals surface area contributed by atoms with Gasteiger partial charge < -0.3 is 10.1 Å². The van der Waals surface area contributed by atoms with Crippen LogP contribution in [0.25, 0.3) is 0 Å². The molecule has 1 aliphatic rings. The quantitative estimate of drug-likeness (QED) is 0.778. The van der Waals surface area contributed by atoms with Gasteiger partial charge in [0, 0.05) is 13.7 Å². The highest BCUT2D eigenvalue weighted by Gasteiger charge is 2.38. The van der Waals surface area contributed by atoms with Crippen LogP contribution in [-0.2, 0) is 4.74 Å². The molecule has 0 aromatic heterocycles. The van der Waals surface area contributed by atoms with Crippen LogP contribution in [0.3, 0.4) is 0 Å². The molecule has 1 N–H and O–H groups in total. The van der Waals surface area contributed by atoms with Crippen LogP contribution in [0, 0.1) is 11.3 Å². The third-order valence-corrected chi connectivity index (χ3v) is 4.05. The Morgan fingerprint density at radius 2 is 1.80 bits per heavy atom. The Bertz CT molecular complexity index is 187. The number of hydrogen-bond donors (Lipinski definition) is 1. The first-order chi connectivity index (χ1) is 6.93. The van der Waals surface area contributed by atoms with Crippen molar-refractivity contribution in [3.8, 4) is 0 Å².